The lowest BCUT2D eigenvalue weighted by atomic mass is 10.0. The van der Waals surface area contributed by atoms with Crippen molar-refractivity contribution in [3.05, 3.63) is 35.7 Å². The average molecular weight is 363 g/mol. The van der Waals surface area contributed by atoms with Crippen LogP contribution in [0.4, 0.5) is 0 Å². The van der Waals surface area contributed by atoms with Gasteiger partial charge in [0.15, 0.2) is 0 Å². The zero-order chi connectivity index (χ0) is 18.4. The minimum atomic E-state index is -0.305. The fourth-order valence-electron chi connectivity index (χ4n) is 2.00. The molecular weight excluding hydrogens is 338 g/mol. The molecule has 7 heteroatoms. The third-order valence-corrected chi connectivity index (χ3v) is 4.89. The Morgan fingerprint density at radius 2 is 2.00 bits per heavy atom. The Labute approximate surface area is 152 Å². The van der Waals surface area contributed by atoms with Gasteiger partial charge in [-0.05, 0) is 44.9 Å². The Balaban J connectivity index is 1.92. The van der Waals surface area contributed by atoms with E-state index in [1.807, 2.05) is 52.0 Å². The highest BCUT2D eigenvalue weighted by Gasteiger charge is 2.24. The van der Waals surface area contributed by atoms with Crippen LogP contribution in [0.5, 0.6) is 5.75 Å². The maximum absolute atomic E-state index is 12.2. The van der Waals surface area contributed by atoms with Gasteiger partial charge in [0.25, 0.3) is 5.22 Å². The number of hydrogen-bond donors (Lipinski definition) is 1. The Bertz CT molecular complexity index is 698. The summed E-state index contributed by atoms with van der Waals surface area (Å²) < 4.78 is 10.8. The van der Waals surface area contributed by atoms with Gasteiger partial charge in [0, 0.05) is 5.54 Å². The summed E-state index contributed by atoms with van der Waals surface area (Å²) in [6, 6.07) is 7.70. The molecule has 1 heterocycles. The van der Waals surface area contributed by atoms with Crippen molar-refractivity contribution in [3.63, 3.8) is 0 Å². The largest absolute Gasteiger partial charge is 0.497 e. The maximum Gasteiger partial charge on any atom is 0.277 e. The molecule has 1 N–H and O–H groups in total. The minimum Gasteiger partial charge on any atom is -0.497 e. The molecule has 1 aromatic heterocycles. The van der Waals surface area contributed by atoms with Gasteiger partial charge < -0.3 is 14.5 Å². The summed E-state index contributed by atoms with van der Waals surface area (Å²) in [4.78, 5) is 12.2. The van der Waals surface area contributed by atoms with Crippen molar-refractivity contribution in [1.82, 2.24) is 15.5 Å². The van der Waals surface area contributed by atoms with Crippen LogP contribution < -0.4 is 10.1 Å². The van der Waals surface area contributed by atoms with E-state index in [4.69, 9.17) is 9.15 Å². The second-order valence-corrected chi connectivity index (χ2v) is 7.77. The molecule has 1 aromatic carbocycles. The molecule has 25 heavy (non-hydrogen) atoms. The number of aromatic nitrogens is 2. The molecule has 0 spiro atoms. The first kappa shape index (κ1) is 19.3. The number of benzene rings is 1. The van der Waals surface area contributed by atoms with Crippen LogP contribution >= 0.6 is 11.8 Å². The minimum absolute atomic E-state index is 0.0354. The van der Waals surface area contributed by atoms with Crippen molar-refractivity contribution in [2.24, 2.45) is 0 Å². The second-order valence-electron chi connectivity index (χ2n) is 6.47. The lowest BCUT2D eigenvalue weighted by Crippen LogP contribution is -2.46. The summed E-state index contributed by atoms with van der Waals surface area (Å²) in [5.41, 5.74) is 0.830. The van der Waals surface area contributed by atoms with Gasteiger partial charge in [0.1, 0.15) is 5.75 Å². The van der Waals surface area contributed by atoms with Crippen molar-refractivity contribution in [1.29, 1.82) is 0 Å². The Morgan fingerprint density at radius 3 is 2.60 bits per heavy atom. The van der Waals surface area contributed by atoms with Crippen LogP contribution in [0.2, 0.25) is 0 Å². The predicted molar refractivity (Wildman–Crippen MR) is 97.9 cm³/mol. The molecule has 1 unspecified atom stereocenters. The van der Waals surface area contributed by atoms with E-state index < -0.39 is 0 Å². The van der Waals surface area contributed by atoms with Crippen LogP contribution in [0.3, 0.4) is 0 Å². The fourth-order valence-corrected chi connectivity index (χ4v) is 2.70. The van der Waals surface area contributed by atoms with Gasteiger partial charge in [-0.15, -0.1) is 10.2 Å². The third kappa shape index (κ3) is 5.77. The van der Waals surface area contributed by atoms with Gasteiger partial charge in [-0.1, -0.05) is 30.8 Å². The number of carbonyl (C=O) groups is 1. The predicted octanol–water partition coefficient (Wildman–Crippen LogP) is 3.45. The van der Waals surface area contributed by atoms with E-state index in [-0.39, 0.29) is 16.7 Å². The summed E-state index contributed by atoms with van der Waals surface area (Å²) in [6.45, 7) is 7.88. The number of nitrogens with zero attached hydrogens (tertiary/aromatic N) is 2. The molecule has 0 bridgehead atoms. The van der Waals surface area contributed by atoms with Gasteiger partial charge in [0.05, 0.1) is 18.8 Å². The molecule has 0 saturated carbocycles. The molecule has 0 fully saturated rings. The van der Waals surface area contributed by atoms with Crippen LogP contribution in [0.25, 0.3) is 0 Å². The summed E-state index contributed by atoms with van der Waals surface area (Å²) in [6.07, 6.45) is 1.41. The fraction of sp³-hybridized carbons (Fsp3) is 0.500. The van der Waals surface area contributed by atoms with Crippen molar-refractivity contribution >= 4 is 17.7 Å². The van der Waals surface area contributed by atoms with E-state index >= 15 is 0 Å². The number of amides is 1. The first-order valence-electron chi connectivity index (χ1n) is 8.27. The quantitative estimate of drug-likeness (QED) is 0.724. The monoisotopic (exact) mass is 363 g/mol. The maximum atomic E-state index is 12.2. The Morgan fingerprint density at radius 1 is 1.32 bits per heavy atom. The summed E-state index contributed by atoms with van der Waals surface area (Å²) in [5, 5.41) is 11.2. The molecule has 0 radical (unpaired) electrons. The molecule has 0 saturated heterocycles. The third-order valence-electron chi connectivity index (χ3n) is 3.96. The lowest BCUT2D eigenvalue weighted by Gasteiger charge is -2.25. The van der Waals surface area contributed by atoms with E-state index in [9.17, 15) is 4.79 Å². The molecule has 136 valence electrons. The lowest BCUT2D eigenvalue weighted by molar-refractivity contribution is -0.121. The van der Waals surface area contributed by atoms with Crippen molar-refractivity contribution in [2.45, 2.75) is 56.5 Å². The van der Waals surface area contributed by atoms with Gasteiger partial charge in [-0.2, -0.15) is 0 Å². The van der Waals surface area contributed by atoms with Crippen LogP contribution in [0, 0.1) is 0 Å². The molecule has 0 aliphatic rings. The summed E-state index contributed by atoms with van der Waals surface area (Å²) >= 11 is 1.27. The molecule has 2 rings (SSSR count). The van der Waals surface area contributed by atoms with Gasteiger partial charge >= 0.3 is 0 Å². The van der Waals surface area contributed by atoms with E-state index in [1.165, 1.54) is 11.8 Å². The second kappa shape index (κ2) is 8.38. The number of methoxy groups -OCH3 is 1. The number of hydrogen-bond acceptors (Lipinski definition) is 6. The van der Waals surface area contributed by atoms with Crippen LogP contribution in [-0.4, -0.2) is 34.0 Å². The molecule has 1 amide bonds. The van der Waals surface area contributed by atoms with Crippen molar-refractivity contribution < 1.29 is 13.9 Å². The molecule has 0 aliphatic heterocycles. The van der Waals surface area contributed by atoms with E-state index in [1.54, 1.807) is 7.11 Å². The highest BCUT2D eigenvalue weighted by Crippen LogP contribution is 2.24. The van der Waals surface area contributed by atoms with Gasteiger partial charge in [0.2, 0.25) is 11.8 Å². The van der Waals surface area contributed by atoms with Gasteiger partial charge in [-0.25, -0.2) is 0 Å². The summed E-state index contributed by atoms with van der Waals surface area (Å²) in [7, 11) is 1.63. The number of nitrogens with one attached hydrogen (secondary N) is 1. The Kier molecular flexibility index (Phi) is 6.47. The SMILES string of the molecule is CCC(C)(C)NC(=O)C(C)Sc1nnc(Cc2ccc(OC)cc2)o1. The molecule has 1 atom stereocenters. The average Bonchev–Trinajstić information content (AvgIpc) is 3.02. The van der Waals surface area contributed by atoms with Crippen LogP contribution in [-0.2, 0) is 11.2 Å². The van der Waals surface area contributed by atoms with Crippen LogP contribution in [0.15, 0.2) is 33.9 Å². The highest BCUT2D eigenvalue weighted by atomic mass is 32.2. The summed E-state index contributed by atoms with van der Waals surface area (Å²) in [5.74, 6) is 1.29. The normalized spacial score (nSPS) is 12.7. The van der Waals surface area contributed by atoms with E-state index in [0.717, 1.165) is 17.7 Å². The smallest absolute Gasteiger partial charge is 0.277 e. The number of ether oxygens (including phenoxy) is 1. The zero-order valence-corrected chi connectivity index (χ0v) is 16.1. The van der Waals surface area contributed by atoms with E-state index in [2.05, 4.69) is 15.5 Å². The first-order valence-corrected chi connectivity index (χ1v) is 9.15. The molecule has 6 nitrogen and oxygen atoms in total. The Hall–Kier alpha value is -2.02. The highest BCUT2D eigenvalue weighted by molar-refractivity contribution is 8.00. The van der Waals surface area contributed by atoms with Gasteiger partial charge in [-0.3, -0.25) is 4.79 Å². The molecule has 0 aliphatic carbocycles. The standard InChI is InChI=1S/C18H25N3O3S/c1-6-18(3,4)19-16(22)12(2)25-17-21-20-15(24-17)11-13-7-9-14(23-5)10-8-13/h7-10,12H,6,11H2,1-5H3,(H,19,22). The number of rotatable bonds is 8. The molecule has 2 aromatic rings. The first-order chi connectivity index (χ1) is 11.8. The van der Waals surface area contributed by atoms with E-state index in [0.29, 0.717) is 17.5 Å². The molecular formula is C18H25N3O3S. The van der Waals surface area contributed by atoms with Crippen LogP contribution in [0.1, 0.15) is 45.6 Å². The number of carbonyl (C=O) groups excluding carboxylic acids is 1. The number of thioether (sulfide) groups is 1. The van der Waals surface area contributed by atoms with Crippen molar-refractivity contribution in [2.75, 3.05) is 7.11 Å². The topological polar surface area (TPSA) is 77.2 Å². The van der Waals surface area contributed by atoms with Crippen molar-refractivity contribution in [3.8, 4) is 5.75 Å². The zero-order valence-electron chi connectivity index (χ0n) is 15.3.